The lowest BCUT2D eigenvalue weighted by Crippen LogP contribution is -2.59. The fourth-order valence-electron chi connectivity index (χ4n) is 8.61. The molecular weight excluding hydrogens is 769 g/mol. The van der Waals surface area contributed by atoms with Crippen LogP contribution in [0.1, 0.15) is 264 Å². The first kappa shape index (κ1) is 58.2. The molecule has 0 aromatic heterocycles. The van der Waals surface area contributed by atoms with Crippen molar-refractivity contribution in [1.29, 1.82) is 0 Å². The van der Waals surface area contributed by atoms with Crippen LogP contribution in [0.5, 0.6) is 0 Å². The SMILES string of the molecule is CCCCCCCCCCCCCCCCCCCCCCCCC(=O)OC(COCCCCCCCCCCCCCCCCCC)COC1OC(CO)C(O)C(O)C1O. The highest BCUT2D eigenvalue weighted by Gasteiger charge is 2.44. The lowest BCUT2D eigenvalue weighted by molar-refractivity contribution is -0.305. The molecule has 1 aliphatic rings. The molecule has 6 atom stereocenters. The molecule has 6 unspecified atom stereocenters. The summed E-state index contributed by atoms with van der Waals surface area (Å²) in [6.45, 7) is 4.63. The normalized spacial score (nSPS) is 19.7. The summed E-state index contributed by atoms with van der Waals surface area (Å²) in [5.41, 5.74) is 0. The first-order valence-electron chi connectivity index (χ1n) is 26.6. The number of aliphatic hydroxyl groups excluding tert-OH is 4. The number of carbonyl (C=O) groups excluding carboxylic acids is 1. The van der Waals surface area contributed by atoms with E-state index >= 15 is 0 Å². The largest absolute Gasteiger partial charge is 0.457 e. The molecule has 1 rings (SSSR count). The standard InChI is InChI=1S/C52H102O9/c1-3-5-7-9-11-13-15-17-19-21-22-23-24-25-26-27-29-31-33-35-37-39-41-48(54)60-46(45-59-52-51(57)50(56)49(55)47(43-53)61-52)44-58-42-40-38-36-34-32-30-28-20-18-16-14-12-10-8-6-4-2/h46-47,49-53,55-57H,3-45H2,1-2H3. The van der Waals surface area contributed by atoms with E-state index in [0.29, 0.717) is 13.0 Å². The van der Waals surface area contributed by atoms with Gasteiger partial charge in [-0.25, -0.2) is 0 Å². The van der Waals surface area contributed by atoms with Crippen LogP contribution in [0.2, 0.25) is 0 Å². The van der Waals surface area contributed by atoms with E-state index in [0.717, 1.165) is 32.1 Å². The van der Waals surface area contributed by atoms with E-state index in [-0.39, 0.29) is 19.2 Å². The number of unbranched alkanes of at least 4 members (excludes halogenated alkanes) is 36. The van der Waals surface area contributed by atoms with E-state index in [9.17, 15) is 25.2 Å². The molecule has 4 N–H and O–H groups in total. The number of hydrogen-bond acceptors (Lipinski definition) is 9. The van der Waals surface area contributed by atoms with Crippen LogP contribution < -0.4 is 0 Å². The zero-order valence-corrected chi connectivity index (χ0v) is 40.2. The van der Waals surface area contributed by atoms with Gasteiger partial charge < -0.3 is 39.4 Å². The van der Waals surface area contributed by atoms with Gasteiger partial charge in [-0.1, -0.05) is 245 Å². The van der Waals surface area contributed by atoms with Gasteiger partial charge in [0, 0.05) is 13.0 Å². The van der Waals surface area contributed by atoms with Gasteiger partial charge in [-0.2, -0.15) is 0 Å². The van der Waals surface area contributed by atoms with Crippen LogP contribution in [0.3, 0.4) is 0 Å². The Balaban J connectivity index is 2.16. The maximum atomic E-state index is 12.8. The number of hydrogen-bond donors (Lipinski definition) is 4. The summed E-state index contributed by atoms with van der Waals surface area (Å²) < 4.78 is 22.9. The molecule has 9 nitrogen and oxygen atoms in total. The van der Waals surface area contributed by atoms with E-state index in [1.165, 1.54) is 212 Å². The van der Waals surface area contributed by atoms with Crippen molar-refractivity contribution in [2.75, 3.05) is 26.4 Å². The Hall–Kier alpha value is -0.810. The molecule has 1 fully saturated rings. The highest BCUT2D eigenvalue weighted by atomic mass is 16.7. The van der Waals surface area contributed by atoms with Crippen LogP contribution in [0, 0.1) is 0 Å². The number of ether oxygens (including phenoxy) is 4. The predicted octanol–water partition coefficient (Wildman–Crippen LogP) is 13.0. The molecule has 0 bridgehead atoms. The Morgan fingerprint density at radius 3 is 1.16 bits per heavy atom. The second-order valence-corrected chi connectivity index (χ2v) is 18.7. The molecule has 1 heterocycles. The Labute approximate surface area is 376 Å². The quantitative estimate of drug-likeness (QED) is 0.0348. The third-order valence-electron chi connectivity index (χ3n) is 12.8. The molecule has 0 saturated carbocycles. The van der Waals surface area contributed by atoms with Crippen molar-refractivity contribution in [1.82, 2.24) is 0 Å². The molecule has 0 spiro atoms. The molecule has 0 radical (unpaired) electrons. The molecule has 0 aliphatic carbocycles. The monoisotopic (exact) mass is 871 g/mol. The maximum absolute atomic E-state index is 12.8. The van der Waals surface area contributed by atoms with Gasteiger partial charge in [0.15, 0.2) is 6.29 Å². The lowest BCUT2D eigenvalue weighted by Gasteiger charge is -2.39. The summed E-state index contributed by atoms with van der Waals surface area (Å²) in [5, 5.41) is 40.2. The number of carbonyl (C=O) groups is 1. The lowest BCUT2D eigenvalue weighted by atomic mass is 9.99. The van der Waals surface area contributed by atoms with E-state index in [2.05, 4.69) is 13.8 Å². The van der Waals surface area contributed by atoms with Gasteiger partial charge in [0.05, 0.1) is 19.8 Å². The van der Waals surface area contributed by atoms with Crippen LogP contribution in [0.15, 0.2) is 0 Å². The Kier molecular flexibility index (Phi) is 42.4. The number of aliphatic hydroxyl groups is 4. The van der Waals surface area contributed by atoms with Gasteiger partial charge in [0.1, 0.15) is 30.5 Å². The van der Waals surface area contributed by atoms with E-state index in [1.807, 2.05) is 0 Å². The summed E-state index contributed by atoms with van der Waals surface area (Å²) in [5.74, 6) is -0.304. The molecule has 61 heavy (non-hydrogen) atoms. The van der Waals surface area contributed by atoms with Crippen LogP contribution in [0.4, 0.5) is 0 Å². The summed E-state index contributed by atoms with van der Waals surface area (Å²) in [7, 11) is 0. The molecule has 9 heteroatoms. The Bertz CT molecular complexity index is 904. The molecule has 0 aromatic rings. The number of rotatable bonds is 47. The average molecular weight is 871 g/mol. The first-order chi connectivity index (χ1) is 29.9. The van der Waals surface area contributed by atoms with Crippen LogP contribution >= 0.6 is 0 Å². The van der Waals surface area contributed by atoms with Gasteiger partial charge in [-0.3, -0.25) is 4.79 Å². The first-order valence-corrected chi connectivity index (χ1v) is 26.6. The van der Waals surface area contributed by atoms with Crippen molar-refractivity contribution in [2.24, 2.45) is 0 Å². The van der Waals surface area contributed by atoms with E-state index < -0.39 is 43.4 Å². The average Bonchev–Trinajstić information content (AvgIpc) is 3.26. The molecule has 0 amide bonds. The highest BCUT2D eigenvalue weighted by Crippen LogP contribution is 2.23. The summed E-state index contributed by atoms with van der Waals surface area (Å²) in [6, 6.07) is 0. The van der Waals surface area contributed by atoms with E-state index in [1.54, 1.807) is 0 Å². The predicted molar refractivity (Wildman–Crippen MR) is 252 cm³/mol. The second-order valence-electron chi connectivity index (χ2n) is 18.7. The van der Waals surface area contributed by atoms with Crippen molar-refractivity contribution in [2.45, 2.75) is 301 Å². The Morgan fingerprint density at radius 1 is 0.459 bits per heavy atom. The number of esters is 1. The zero-order chi connectivity index (χ0) is 44.3. The zero-order valence-electron chi connectivity index (χ0n) is 40.2. The highest BCUT2D eigenvalue weighted by molar-refractivity contribution is 5.69. The van der Waals surface area contributed by atoms with Gasteiger partial charge in [-0.05, 0) is 12.8 Å². The van der Waals surface area contributed by atoms with E-state index in [4.69, 9.17) is 18.9 Å². The van der Waals surface area contributed by atoms with Crippen LogP contribution in [-0.2, 0) is 23.7 Å². The molecular formula is C52H102O9. The minimum atomic E-state index is -1.53. The summed E-state index contributed by atoms with van der Waals surface area (Å²) in [6.07, 6.45) is 42.8. The molecule has 1 saturated heterocycles. The van der Waals surface area contributed by atoms with Crippen molar-refractivity contribution >= 4 is 5.97 Å². The second kappa shape index (κ2) is 44.4. The molecule has 364 valence electrons. The topological polar surface area (TPSA) is 135 Å². The van der Waals surface area contributed by atoms with Gasteiger partial charge in [0.25, 0.3) is 0 Å². The van der Waals surface area contributed by atoms with Crippen molar-refractivity contribution < 1.29 is 44.2 Å². The summed E-state index contributed by atoms with van der Waals surface area (Å²) >= 11 is 0. The van der Waals surface area contributed by atoms with Gasteiger partial charge in [-0.15, -0.1) is 0 Å². The minimum Gasteiger partial charge on any atom is -0.457 e. The molecule has 0 aromatic carbocycles. The van der Waals surface area contributed by atoms with Crippen molar-refractivity contribution in [3.05, 3.63) is 0 Å². The van der Waals surface area contributed by atoms with Crippen LogP contribution in [0.25, 0.3) is 0 Å². The molecule has 1 aliphatic heterocycles. The summed E-state index contributed by atoms with van der Waals surface area (Å²) in [4.78, 5) is 12.8. The third kappa shape index (κ3) is 35.2. The fraction of sp³-hybridized carbons (Fsp3) is 0.981. The van der Waals surface area contributed by atoms with Crippen molar-refractivity contribution in [3.63, 3.8) is 0 Å². The van der Waals surface area contributed by atoms with Gasteiger partial charge in [0.2, 0.25) is 0 Å². The minimum absolute atomic E-state index is 0.104. The third-order valence-corrected chi connectivity index (χ3v) is 12.8. The fourth-order valence-corrected chi connectivity index (χ4v) is 8.61. The maximum Gasteiger partial charge on any atom is 0.306 e. The smallest absolute Gasteiger partial charge is 0.306 e. The Morgan fingerprint density at radius 2 is 0.803 bits per heavy atom. The van der Waals surface area contributed by atoms with Crippen molar-refractivity contribution in [3.8, 4) is 0 Å². The van der Waals surface area contributed by atoms with Crippen LogP contribution in [-0.4, -0.2) is 89.6 Å². The van der Waals surface area contributed by atoms with Gasteiger partial charge >= 0.3 is 5.97 Å².